The van der Waals surface area contributed by atoms with Gasteiger partial charge in [0.15, 0.2) is 0 Å². The summed E-state index contributed by atoms with van der Waals surface area (Å²) in [6.45, 7) is 12.0. The van der Waals surface area contributed by atoms with Gasteiger partial charge in [0, 0.05) is 24.9 Å². The predicted octanol–water partition coefficient (Wildman–Crippen LogP) is 2.84. The standard InChI is InChI=1S/C12H23N3S/c1-8(2)10(5)12-15-14-11(16-12)6-7-13-9(3)4/h8-10,13H,6-7H2,1-5H3. The number of rotatable bonds is 6. The zero-order chi connectivity index (χ0) is 12.1. The fourth-order valence-corrected chi connectivity index (χ4v) is 2.37. The maximum atomic E-state index is 4.28. The van der Waals surface area contributed by atoms with Crippen LogP contribution in [-0.4, -0.2) is 22.8 Å². The Morgan fingerprint density at radius 1 is 1.12 bits per heavy atom. The smallest absolute Gasteiger partial charge is 0.120 e. The van der Waals surface area contributed by atoms with Gasteiger partial charge in [0.05, 0.1) is 0 Å². The summed E-state index contributed by atoms with van der Waals surface area (Å²) in [6.07, 6.45) is 0.987. The third kappa shape index (κ3) is 4.18. The van der Waals surface area contributed by atoms with E-state index >= 15 is 0 Å². The van der Waals surface area contributed by atoms with Crippen molar-refractivity contribution in [2.45, 2.75) is 53.0 Å². The number of hydrogen-bond donors (Lipinski definition) is 1. The summed E-state index contributed by atoms with van der Waals surface area (Å²) < 4.78 is 0. The number of aromatic nitrogens is 2. The summed E-state index contributed by atoms with van der Waals surface area (Å²) in [5.41, 5.74) is 0. The molecule has 0 spiro atoms. The molecule has 1 atom stereocenters. The van der Waals surface area contributed by atoms with Crippen molar-refractivity contribution in [1.82, 2.24) is 15.5 Å². The van der Waals surface area contributed by atoms with E-state index in [1.165, 1.54) is 5.01 Å². The molecule has 0 radical (unpaired) electrons. The molecule has 92 valence electrons. The molecule has 0 fully saturated rings. The molecular weight excluding hydrogens is 218 g/mol. The Bertz CT molecular complexity index is 307. The van der Waals surface area contributed by atoms with Crippen molar-refractivity contribution in [3.05, 3.63) is 10.0 Å². The van der Waals surface area contributed by atoms with Gasteiger partial charge in [-0.2, -0.15) is 0 Å². The Balaban J connectivity index is 2.45. The molecule has 0 bridgehead atoms. The van der Waals surface area contributed by atoms with E-state index in [-0.39, 0.29) is 0 Å². The lowest BCUT2D eigenvalue weighted by Gasteiger charge is -2.10. The van der Waals surface area contributed by atoms with E-state index in [2.05, 4.69) is 50.1 Å². The highest BCUT2D eigenvalue weighted by atomic mass is 32.1. The van der Waals surface area contributed by atoms with Gasteiger partial charge in [-0.15, -0.1) is 21.5 Å². The van der Waals surface area contributed by atoms with Crippen LogP contribution in [0, 0.1) is 5.92 Å². The monoisotopic (exact) mass is 241 g/mol. The first-order valence-electron chi connectivity index (χ1n) is 6.06. The first-order valence-corrected chi connectivity index (χ1v) is 6.88. The maximum Gasteiger partial charge on any atom is 0.120 e. The zero-order valence-corrected chi connectivity index (χ0v) is 11.8. The fraction of sp³-hybridized carbons (Fsp3) is 0.833. The summed E-state index contributed by atoms with van der Waals surface area (Å²) in [4.78, 5) is 0. The minimum Gasteiger partial charge on any atom is -0.314 e. The van der Waals surface area contributed by atoms with Gasteiger partial charge in [-0.3, -0.25) is 0 Å². The molecule has 1 aromatic rings. The van der Waals surface area contributed by atoms with Gasteiger partial charge in [0.2, 0.25) is 0 Å². The van der Waals surface area contributed by atoms with Crippen LogP contribution < -0.4 is 5.32 Å². The lowest BCUT2D eigenvalue weighted by atomic mass is 9.99. The summed E-state index contributed by atoms with van der Waals surface area (Å²) in [5, 5.41) is 14.2. The van der Waals surface area contributed by atoms with Crippen molar-refractivity contribution in [1.29, 1.82) is 0 Å². The van der Waals surface area contributed by atoms with Gasteiger partial charge in [0.25, 0.3) is 0 Å². The topological polar surface area (TPSA) is 37.8 Å². The van der Waals surface area contributed by atoms with Crippen LogP contribution in [0.5, 0.6) is 0 Å². The van der Waals surface area contributed by atoms with Gasteiger partial charge in [-0.25, -0.2) is 0 Å². The van der Waals surface area contributed by atoms with Crippen LogP contribution in [0.4, 0.5) is 0 Å². The van der Waals surface area contributed by atoms with Crippen molar-refractivity contribution < 1.29 is 0 Å². The van der Waals surface area contributed by atoms with E-state index in [0.717, 1.165) is 18.0 Å². The van der Waals surface area contributed by atoms with Crippen molar-refractivity contribution >= 4 is 11.3 Å². The van der Waals surface area contributed by atoms with Crippen LogP contribution in [0.25, 0.3) is 0 Å². The van der Waals surface area contributed by atoms with E-state index < -0.39 is 0 Å². The average molecular weight is 241 g/mol. The second kappa shape index (κ2) is 6.30. The van der Waals surface area contributed by atoms with Gasteiger partial charge in [-0.1, -0.05) is 34.6 Å². The van der Waals surface area contributed by atoms with Crippen LogP contribution in [0.1, 0.15) is 50.6 Å². The molecule has 1 rings (SSSR count). The quantitative estimate of drug-likeness (QED) is 0.832. The minimum atomic E-state index is 0.518. The molecule has 1 aromatic heterocycles. The van der Waals surface area contributed by atoms with E-state index in [9.17, 15) is 0 Å². The number of nitrogens with zero attached hydrogens (tertiary/aromatic N) is 2. The lowest BCUT2D eigenvalue weighted by molar-refractivity contribution is 0.529. The zero-order valence-electron chi connectivity index (χ0n) is 10.9. The van der Waals surface area contributed by atoms with Crippen LogP contribution in [0.2, 0.25) is 0 Å². The molecule has 1 heterocycles. The summed E-state index contributed by atoms with van der Waals surface area (Å²) in [6, 6.07) is 0.543. The van der Waals surface area contributed by atoms with Crippen molar-refractivity contribution in [3.63, 3.8) is 0 Å². The molecule has 1 unspecified atom stereocenters. The third-order valence-electron chi connectivity index (χ3n) is 2.76. The molecule has 1 N–H and O–H groups in total. The lowest BCUT2D eigenvalue weighted by Crippen LogP contribution is -2.24. The molecule has 0 aromatic carbocycles. The first-order chi connectivity index (χ1) is 7.50. The molecule has 0 aliphatic heterocycles. The van der Waals surface area contributed by atoms with Gasteiger partial charge in [0.1, 0.15) is 10.0 Å². The average Bonchev–Trinajstić information content (AvgIpc) is 2.64. The molecule has 3 nitrogen and oxygen atoms in total. The second-order valence-electron chi connectivity index (χ2n) is 4.93. The largest absolute Gasteiger partial charge is 0.314 e. The minimum absolute atomic E-state index is 0.518. The molecule has 0 aliphatic carbocycles. The molecule has 0 saturated carbocycles. The number of hydrogen-bond acceptors (Lipinski definition) is 4. The Morgan fingerprint density at radius 2 is 1.81 bits per heavy atom. The van der Waals surface area contributed by atoms with Crippen molar-refractivity contribution in [2.75, 3.05) is 6.54 Å². The molecule has 16 heavy (non-hydrogen) atoms. The van der Waals surface area contributed by atoms with Crippen LogP contribution in [0.3, 0.4) is 0 Å². The highest BCUT2D eigenvalue weighted by Crippen LogP contribution is 2.26. The van der Waals surface area contributed by atoms with Gasteiger partial charge < -0.3 is 5.32 Å². The summed E-state index contributed by atoms with van der Waals surface area (Å²) >= 11 is 1.76. The van der Waals surface area contributed by atoms with Crippen LogP contribution in [-0.2, 0) is 6.42 Å². The van der Waals surface area contributed by atoms with Gasteiger partial charge >= 0.3 is 0 Å². The van der Waals surface area contributed by atoms with Crippen molar-refractivity contribution in [2.24, 2.45) is 5.92 Å². The second-order valence-corrected chi connectivity index (χ2v) is 6.02. The van der Waals surface area contributed by atoms with Crippen LogP contribution in [0.15, 0.2) is 0 Å². The first kappa shape index (κ1) is 13.6. The van der Waals surface area contributed by atoms with E-state index in [4.69, 9.17) is 0 Å². The van der Waals surface area contributed by atoms with Crippen molar-refractivity contribution in [3.8, 4) is 0 Å². The Hall–Kier alpha value is -0.480. The van der Waals surface area contributed by atoms with Crippen LogP contribution >= 0.6 is 11.3 Å². The van der Waals surface area contributed by atoms with E-state index in [1.54, 1.807) is 11.3 Å². The summed E-state index contributed by atoms with van der Waals surface area (Å²) in [5.74, 6) is 1.15. The molecule has 0 saturated heterocycles. The number of nitrogens with one attached hydrogen (secondary N) is 1. The summed E-state index contributed by atoms with van der Waals surface area (Å²) in [7, 11) is 0. The normalized spacial score (nSPS) is 13.7. The molecular formula is C12H23N3S. The predicted molar refractivity (Wildman–Crippen MR) is 70.0 cm³/mol. The van der Waals surface area contributed by atoms with Gasteiger partial charge in [-0.05, 0) is 5.92 Å². The Labute approximate surface area is 103 Å². The Kier molecular flexibility index (Phi) is 5.35. The SMILES string of the molecule is CC(C)NCCc1nnc(C(C)C(C)C)s1. The van der Waals surface area contributed by atoms with E-state index in [1.807, 2.05) is 0 Å². The highest BCUT2D eigenvalue weighted by molar-refractivity contribution is 7.11. The Morgan fingerprint density at radius 3 is 2.38 bits per heavy atom. The van der Waals surface area contributed by atoms with E-state index in [0.29, 0.717) is 17.9 Å². The fourth-order valence-electron chi connectivity index (χ4n) is 1.30. The maximum absolute atomic E-state index is 4.28. The molecule has 0 aliphatic rings. The third-order valence-corrected chi connectivity index (χ3v) is 3.95. The highest BCUT2D eigenvalue weighted by Gasteiger charge is 2.15. The molecule has 0 amide bonds. The molecule has 4 heteroatoms.